The minimum Gasteiger partial charge on any atom is -0.346 e. The third-order valence-corrected chi connectivity index (χ3v) is 7.13. The minimum atomic E-state index is 1.00. The largest absolute Gasteiger partial charge is 0.346 e. The molecule has 176 valence electrons. The number of aryl methyl sites for hydroxylation is 1. The smallest absolute Gasteiger partial charge is 0.0473 e. The molecule has 2 aromatic rings. The lowest BCUT2D eigenvalue weighted by atomic mass is 9.97. The van der Waals surface area contributed by atoms with E-state index in [4.69, 9.17) is 0 Å². The molecule has 0 saturated carbocycles. The lowest BCUT2D eigenvalue weighted by Crippen LogP contribution is -2.03. The molecule has 0 spiro atoms. The van der Waals surface area contributed by atoms with Crippen LogP contribution in [-0.4, -0.2) is 4.57 Å². The summed E-state index contributed by atoms with van der Waals surface area (Å²) in [6, 6.07) is 13.5. The molecule has 1 aromatic carbocycles. The minimum absolute atomic E-state index is 1.00. The standard InChI is InChI=1S/C31H47N/c1-2-3-4-5-6-7-8-11-17-22-29-23-18-12-9-10-13-19-24-31-25-30(29)27-32(31)26-28-20-15-14-16-21-28/h14-16,20-22,25,27H,2-13,17-19,23-24,26H2,1H3/b29-22-. The fourth-order valence-corrected chi connectivity index (χ4v) is 5.12. The molecule has 32 heavy (non-hydrogen) atoms. The summed E-state index contributed by atoms with van der Waals surface area (Å²) in [4.78, 5) is 0. The molecule has 0 amide bonds. The van der Waals surface area contributed by atoms with Crippen LogP contribution in [0.3, 0.4) is 0 Å². The molecule has 0 N–H and O–H groups in total. The maximum Gasteiger partial charge on any atom is 0.0473 e. The lowest BCUT2D eigenvalue weighted by molar-refractivity contribution is 0.577. The maximum atomic E-state index is 2.59. The van der Waals surface area contributed by atoms with Gasteiger partial charge in [0.1, 0.15) is 0 Å². The molecule has 1 aliphatic rings. The first kappa shape index (κ1) is 24.9. The van der Waals surface area contributed by atoms with Crippen LogP contribution < -0.4 is 0 Å². The van der Waals surface area contributed by atoms with Crippen molar-refractivity contribution in [3.63, 3.8) is 0 Å². The molecule has 1 heterocycles. The first-order chi connectivity index (χ1) is 15.9. The van der Waals surface area contributed by atoms with Crippen molar-refractivity contribution in [1.82, 2.24) is 4.57 Å². The highest BCUT2D eigenvalue weighted by Crippen LogP contribution is 2.27. The Morgan fingerprint density at radius 3 is 2.16 bits per heavy atom. The van der Waals surface area contributed by atoms with Crippen molar-refractivity contribution in [3.8, 4) is 0 Å². The fourth-order valence-electron chi connectivity index (χ4n) is 5.12. The molecular weight excluding hydrogens is 386 g/mol. The predicted octanol–water partition coefficient (Wildman–Crippen LogP) is 9.74. The summed E-state index contributed by atoms with van der Waals surface area (Å²) in [5.41, 5.74) is 6.05. The molecule has 0 radical (unpaired) electrons. The van der Waals surface area contributed by atoms with Crippen LogP contribution >= 0.6 is 0 Å². The van der Waals surface area contributed by atoms with Gasteiger partial charge in [-0.1, -0.05) is 114 Å². The number of aromatic nitrogens is 1. The molecule has 0 unspecified atom stereocenters. The van der Waals surface area contributed by atoms with E-state index >= 15 is 0 Å². The average molecular weight is 434 g/mol. The Hall–Kier alpha value is -1.76. The molecule has 0 fully saturated rings. The molecule has 0 atom stereocenters. The number of hydrogen-bond acceptors (Lipinski definition) is 0. The highest BCUT2D eigenvalue weighted by Gasteiger charge is 2.11. The fraction of sp³-hybridized carbons (Fsp3) is 0.613. The van der Waals surface area contributed by atoms with Gasteiger partial charge in [0, 0.05) is 18.4 Å². The van der Waals surface area contributed by atoms with E-state index in [1.54, 1.807) is 5.57 Å². The molecule has 1 nitrogen and oxygen atoms in total. The summed E-state index contributed by atoms with van der Waals surface area (Å²) in [5.74, 6) is 0. The molecule has 0 aliphatic heterocycles. The van der Waals surface area contributed by atoms with E-state index in [9.17, 15) is 0 Å². The number of fused-ring (bicyclic) bond motifs is 2. The van der Waals surface area contributed by atoms with Crippen LogP contribution in [0.1, 0.15) is 126 Å². The van der Waals surface area contributed by atoms with Gasteiger partial charge in [-0.2, -0.15) is 0 Å². The van der Waals surface area contributed by atoms with E-state index < -0.39 is 0 Å². The van der Waals surface area contributed by atoms with E-state index in [0.29, 0.717) is 0 Å². The van der Waals surface area contributed by atoms with Crippen molar-refractivity contribution in [1.29, 1.82) is 0 Å². The van der Waals surface area contributed by atoms with Gasteiger partial charge in [-0.25, -0.2) is 0 Å². The summed E-state index contributed by atoms with van der Waals surface area (Å²) in [6.45, 7) is 3.30. The Morgan fingerprint density at radius 1 is 0.750 bits per heavy atom. The van der Waals surface area contributed by atoms with Crippen LogP contribution in [0.25, 0.3) is 5.57 Å². The van der Waals surface area contributed by atoms with Crippen molar-refractivity contribution in [2.24, 2.45) is 0 Å². The van der Waals surface area contributed by atoms with Gasteiger partial charge in [0.15, 0.2) is 0 Å². The maximum absolute atomic E-state index is 2.59. The van der Waals surface area contributed by atoms with E-state index in [2.05, 4.69) is 60.2 Å². The van der Waals surface area contributed by atoms with Crippen LogP contribution in [0.5, 0.6) is 0 Å². The van der Waals surface area contributed by atoms with Gasteiger partial charge in [0.2, 0.25) is 0 Å². The first-order valence-electron chi connectivity index (χ1n) is 13.8. The first-order valence-corrected chi connectivity index (χ1v) is 13.8. The quantitative estimate of drug-likeness (QED) is 0.311. The van der Waals surface area contributed by atoms with Crippen LogP contribution in [-0.2, 0) is 13.0 Å². The number of allylic oxidation sites excluding steroid dienone is 2. The van der Waals surface area contributed by atoms with Gasteiger partial charge in [-0.15, -0.1) is 0 Å². The van der Waals surface area contributed by atoms with Crippen molar-refractivity contribution in [3.05, 3.63) is 65.5 Å². The Bertz CT molecular complexity index is 767. The zero-order valence-corrected chi connectivity index (χ0v) is 20.8. The lowest BCUT2D eigenvalue weighted by Gasteiger charge is -2.09. The van der Waals surface area contributed by atoms with Gasteiger partial charge < -0.3 is 4.57 Å². The molecule has 3 rings (SSSR count). The van der Waals surface area contributed by atoms with Crippen LogP contribution in [0.15, 0.2) is 48.7 Å². The van der Waals surface area contributed by atoms with Crippen LogP contribution in [0.2, 0.25) is 0 Å². The zero-order chi connectivity index (χ0) is 22.3. The van der Waals surface area contributed by atoms with E-state index in [-0.39, 0.29) is 0 Å². The van der Waals surface area contributed by atoms with Gasteiger partial charge in [-0.3, -0.25) is 0 Å². The Balaban J connectivity index is 1.61. The number of rotatable bonds is 11. The van der Waals surface area contributed by atoms with Crippen molar-refractivity contribution in [2.75, 3.05) is 0 Å². The molecule has 1 heteroatoms. The zero-order valence-electron chi connectivity index (χ0n) is 20.8. The van der Waals surface area contributed by atoms with E-state index in [0.717, 1.165) is 6.54 Å². The second kappa shape index (κ2) is 15.1. The molecule has 1 aromatic heterocycles. The summed E-state index contributed by atoms with van der Waals surface area (Å²) >= 11 is 0. The van der Waals surface area contributed by atoms with Crippen molar-refractivity contribution >= 4 is 5.57 Å². The van der Waals surface area contributed by atoms with Crippen molar-refractivity contribution in [2.45, 2.75) is 123 Å². The third-order valence-electron chi connectivity index (χ3n) is 7.13. The summed E-state index contributed by atoms with van der Waals surface area (Å²) in [6.07, 6.45) is 28.3. The van der Waals surface area contributed by atoms with Gasteiger partial charge >= 0.3 is 0 Å². The third kappa shape index (κ3) is 9.00. The Kier molecular flexibility index (Phi) is 11.8. The van der Waals surface area contributed by atoms with E-state index in [1.165, 1.54) is 126 Å². The van der Waals surface area contributed by atoms with Crippen LogP contribution in [0, 0.1) is 0 Å². The summed E-state index contributed by atoms with van der Waals surface area (Å²) < 4.78 is 2.53. The summed E-state index contributed by atoms with van der Waals surface area (Å²) in [7, 11) is 0. The Labute approximate surface area is 198 Å². The highest BCUT2D eigenvalue weighted by atomic mass is 15.0. The normalized spacial score (nSPS) is 16.6. The number of benzene rings is 1. The molecule has 1 aliphatic carbocycles. The molecular formula is C31H47N. The predicted molar refractivity (Wildman–Crippen MR) is 141 cm³/mol. The second-order valence-electron chi connectivity index (χ2n) is 9.95. The average Bonchev–Trinajstić information content (AvgIpc) is 3.20. The molecule has 0 saturated heterocycles. The Morgan fingerprint density at radius 2 is 1.41 bits per heavy atom. The number of hydrogen-bond donors (Lipinski definition) is 0. The molecule has 2 bridgehead atoms. The summed E-state index contributed by atoms with van der Waals surface area (Å²) in [5, 5.41) is 0. The number of unbranched alkanes of at least 4 members (excludes halogenated alkanes) is 8. The van der Waals surface area contributed by atoms with Gasteiger partial charge in [-0.05, 0) is 61.3 Å². The number of nitrogens with zero attached hydrogens (tertiary/aromatic N) is 1. The second-order valence-corrected chi connectivity index (χ2v) is 9.95. The monoisotopic (exact) mass is 433 g/mol. The highest BCUT2D eigenvalue weighted by molar-refractivity contribution is 5.66. The SMILES string of the molecule is CCCCCCCCCC/C=C1/CCCCCCCCc2cc1cn2Cc1ccccc1. The van der Waals surface area contributed by atoms with Gasteiger partial charge in [0.25, 0.3) is 0 Å². The van der Waals surface area contributed by atoms with Crippen molar-refractivity contribution < 1.29 is 0 Å². The van der Waals surface area contributed by atoms with Gasteiger partial charge in [0.05, 0.1) is 0 Å². The topological polar surface area (TPSA) is 4.93 Å². The van der Waals surface area contributed by atoms with Crippen LogP contribution in [0.4, 0.5) is 0 Å². The van der Waals surface area contributed by atoms with E-state index in [1.807, 2.05) is 0 Å².